The van der Waals surface area contributed by atoms with Gasteiger partial charge in [-0.1, -0.05) is 12.1 Å². The molecule has 1 aromatic carbocycles. The number of ether oxygens (including phenoxy) is 2. The summed E-state index contributed by atoms with van der Waals surface area (Å²) in [5.74, 6) is -0.188. The minimum absolute atomic E-state index is 0.114. The summed E-state index contributed by atoms with van der Waals surface area (Å²) >= 11 is 0. The van der Waals surface area contributed by atoms with Crippen molar-refractivity contribution in [2.24, 2.45) is 0 Å². The molecule has 0 aliphatic carbocycles. The molecule has 1 saturated heterocycles. The molecular weight excluding hydrogens is 247 g/mol. The van der Waals surface area contributed by atoms with E-state index in [1.807, 2.05) is 0 Å². The van der Waals surface area contributed by atoms with Crippen LogP contribution in [0.3, 0.4) is 0 Å². The summed E-state index contributed by atoms with van der Waals surface area (Å²) < 4.78 is 45.8. The fraction of sp³-hybridized carbons (Fsp3) is 0.500. The molecule has 1 aliphatic heterocycles. The maximum atomic E-state index is 12.2. The Morgan fingerprint density at radius 2 is 1.94 bits per heavy atom. The van der Waals surface area contributed by atoms with Gasteiger partial charge in [-0.25, -0.2) is 0 Å². The summed E-state index contributed by atoms with van der Waals surface area (Å²) in [4.78, 5) is 0. The minimum Gasteiger partial charge on any atom is -0.488 e. The van der Waals surface area contributed by atoms with Gasteiger partial charge >= 0.3 is 6.36 Å². The maximum Gasteiger partial charge on any atom is 0.573 e. The van der Waals surface area contributed by atoms with Crippen LogP contribution in [0.25, 0.3) is 0 Å². The second-order valence-electron chi connectivity index (χ2n) is 4.10. The van der Waals surface area contributed by atoms with Crippen molar-refractivity contribution in [2.75, 3.05) is 13.2 Å². The molecule has 0 radical (unpaired) electrons. The zero-order chi connectivity index (χ0) is 13.0. The molecule has 0 aromatic heterocycles. The van der Waals surface area contributed by atoms with Crippen LogP contribution in [-0.2, 0) is 0 Å². The van der Waals surface area contributed by atoms with E-state index in [4.69, 9.17) is 4.74 Å². The first-order chi connectivity index (χ1) is 8.54. The fourth-order valence-corrected chi connectivity index (χ4v) is 1.87. The van der Waals surface area contributed by atoms with Crippen LogP contribution in [0.5, 0.6) is 11.5 Å². The van der Waals surface area contributed by atoms with Gasteiger partial charge in [-0.05, 0) is 31.5 Å². The lowest BCUT2D eigenvalue weighted by Crippen LogP contribution is -2.28. The van der Waals surface area contributed by atoms with Gasteiger partial charge in [-0.3, -0.25) is 0 Å². The summed E-state index contributed by atoms with van der Waals surface area (Å²) in [7, 11) is 0. The summed E-state index contributed by atoms with van der Waals surface area (Å²) in [6.07, 6.45) is -2.66. The lowest BCUT2D eigenvalue weighted by molar-refractivity contribution is -0.275. The fourth-order valence-electron chi connectivity index (χ4n) is 1.87. The summed E-state index contributed by atoms with van der Waals surface area (Å²) in [6, 6.07) is 5.99. The molecule has 1 atom stereocenters. The molecule has 1 heterocycles. The third-order valence-electron chi connectivity index (χ3n) is 2.68. The van der Waals surface area contributed by atoms with Crippen molar-refractivity contribution in [1.29, 1.82) is 0 Å². The van der Waals surface area contributed by atoms with E-state index in [0.717, 1.165) is 19.4 Å². The van der Waals surface area contributed by atoms with Gasteiger partial charge < -0.3 is 14.8 Å². The molecule has 1 fully saturated rings. The number of halogens is 3. The van der Waals surface area contributed by atoms with Crippen LogP contribution >= 0.6 is 0 Å². The van der Waals surface area contributed by atoms with E-state index in [1.165, 1.54) is 18.2 Å². The molecule has 1 aliphatic rings. The van der Waals surface area contributed by atoms with Crippen LogP contribution in [0.15, 0.2) is 24.3 Å². The maximum absolute atomic E-state index is 12.2. The van der Waals surface area contributed by atoms with Gasteiger partial charge in [0, 0.05) is 6.04 Å². The second kappa shape index (κ2) is 5.48. The average Bonchev–Trinajstić information content (AvgIpc) is 2.79. The highest BCUT2D eigenvalue weighted by Gasteiger charge is 2.32. The molecule has 6 heteroatoms. The van der Waals surface area contributed by atoms with Crippen molar-refractivity contribution in [3.63, 3.8) is 0 Å². The Morgan fingerprint density at radius 3 is 2.56 bits per heavy atom. The number of nitrogens with one attached hydrogen (secondary N) is 1. The van der Waals surface area contributed by atoms with E-state index in [1.54, 1.807) is 6.07 Å². The number of benzene rings is 1. The second-order valence-corrected chi connectivity index (χ2v) is 4.10. The number of rotatable bonds is 4. The highest BCUT2D eigenvalue weighted by Crippen LogP contribution is 2.31. The number of para-hydroxylation sites is 2. The van der Waals surface area contributed by atoms with Crippen molar-refractivity contribution in [1.82, 2.24) is 5.32 Å². The van der Waals surface area contributed by atoms with Gasteiger partial charge in [0.1, 0.15) is 6.61 Å². The lowest BCUT2D eigenvalue weighted by Gasteiger charge is -2.16. The third-order valence-corrected chi connectivity index (χ3v) is 2.68. The molecule has 0 spiro atoms. The Labute approximate surface area is 103 Å². The molecule has 100 valence electrons. The van der Waals surface area contributed by atoms with E-state index in [0.29, 0.717) is 6.61 Å². The zero-order valence-corrected chi connectivity index (χ0v) is 9.67. The Kier molecular flexibility index (Phi) is 3.96. The van der Waals surface area contributed by atoms with Crippen LogP contribution in [0.4, 0.5) is 13.2 Å². The normalized spacial score (nSPS) is 19.8. The highest BCUT2D eigenvalue weighted by atomic mass is 19.4. The SMILES string of the molecule is FC(F)(F)Oc1ccccc1OC[C@@H]1CCCN1. The van der Waals surface area contributed by atoms with Crippen molar-refractivity contribution in [2.45, 2.75) is 25.2 Å². The van der Waals surface area contributed by atoms with Gasteiger partial charge in [-0.2, -0.15) is 0 Å². The molecule has 0 saturated carbocycles. The van der Waals surface area contributed by atoms with E-state index >= 15 is 0 Å². The smallest absolute Gasteiger partial charge is 0.488 e. The largest absolute Gasteiger partial charge is 0.573 e. The van der Waals surface area contributed by atoms with Crippen molar-refractivity contribution >= 4 is 0 Å². The first-order valence-corrected chi connectivity index (χ1v) is 5.75. The van der Waals surface area contributed by atoms with Crippen LogP contribution in [-0.4, -0.2) is 25.6 Å². The van der Waals surface area contributed by atoms with Crippen molar-refractivity contribution < 1.29 is 22.6 Å². The van der Waals surface area contributed by atoms with Crippen molar-refractivity contribution in [3.05, 3.63) is 24.3 Å². The lowest BCUT2D eigenvalue weighted by atomic mass is 10.2. The van der Waals surface area contributed by atoms with Gasteiger partial charge in [0.05, 0.1) is 0 Å². The molecule has 2 rings (SSSR count). The standard InChI is InChI=1S/C12H14F3NO2/c13-12(14,15)18-11-6-2-1-5-10(11)17-8-9-4-3-7-16-9/h1-2,5-6,9,16H,3-4,7-8H2/t9-/m0/s1. The predicted molar refractivity (Wildman–Crippen MR) is 59.6 cm³/mol. The minimum atomic E-state index is -4.70. The molecule has 3 nitrogen and oxygen atoms in total. The van der Waals surface area contributed by atoms with Crippen LogP contribution in [0.1, 0.15) is 12.8 Å². The Hall–Kier alpha value is -1.43. The summed E-state index contributed by atoms with van der Waals surface area (Å²) in [5, 5.41) is 3.21. The molecule has 0 bridgehead atoms. The first-order valence-electron chi connectivity index (χ1n) is 5.75. The molecule has 0 unspecified atom stereocenters. The third kappa shape index (κ3) is 3.80. The van der Waals surface area contributed by atoms with Crippen molar-refractivity contribution in [3.8, 4) is 11.5 Å². The molecule has 18 heavy (non-hydrogen) atoms. The topological polar surface area (TPSA) is 30.5 Å². The molecule has 1 aromatic rings. The summed E-state index contributed by atoms with van der Waals surface area (Å²) in [5.41, 5.74) is 0. The molecule has 1 N–H and O–H groups in total. The highest BCUT2D eigenvalue weighted by molar-refractivity contribution is 5.39. The van der Waals surface area contributed by atoms with Gasteiger partial charge in [0.2, 0.25) is 0 Å². The van der Waals surface area contributed by atoms with Gasteiger partial charge in [-0.15, -0.1) is 13.2 Å². The Balaban J connectivity index is 1.98. The van der Waals surface area contributed by atoms with E-state index < -0.39 is 6.36 Å². The Bertz CT molecular complexity index is 389. The number of alkyl halides is 3. The monoisotopic (exact) mass is 261 g/mol. The van der Waals surface area contributed by atoms with E-state index in [9.17, 15) is 13.2 Å². The van der Waals surface area contributed by atoms with E-state index in [-0.39, 0.29) is 17.5 Å². The van der Waals surface area contributed by atoms with E-state index in [2.05, 4.69) is 10.1 Å². The van der Waals surface area contributed by atoms with Crippen LogP contribution in [0, 0.1) is 0 Å². The molecular formula is C12H14F3NO2. The molecule has 0 amide bonds. The van der Waals surface area contributed by atoms with Crippen LogP contribution in [0.2, 0.25) is 0 Å². The quantitative estimate of drug-likeness (QED) is 0.904. The number of hydrogen-bond acceptors (Lipinski definition) is 3. The predicted octanol–water partition coefficient (Wildman–Crippen LogP) is 2.72. The number of hydrogen-bond donors (Lipinski definition) is 1. The first kappa shape index (κ1) is 13.0. The zero-order valence-electron chi connectivity index (χ0n) is 9.67. The summed E-state index contributed by atoms with van der Waals surface area (Å²) in [6.45, 7) is 1.27. The Morgan fingerprint density at radius 1 is 1.22 bits per heavy atom. The van der Waals surface area contributed by atoms with Gasteiger partial charge in [0.25, 0.3) is 0 Å². The van der Waals surface area contributed by atoms with Gasteiger partial charge in [0.15, 0.2) is 11.5 Å². The average molecular weight is 261 g/mol. The van der Waals surface area contributed by atoms with Crippen LogP contribution < -0.4 is 14.8 Å².